The average Bonchev–Trinajstić information content (AvgIpc) is 2.90. The maximum atomic E-state index is 3.39. The predicted molar refractivity (Wildman–Crippen MR) is 82.3 cm³/mol. The second-order valence-electron chi connectivity index (χ2n) is 5.80. The SMILES string of the molecule is CCCCCCCCCC[C@H](C)c1[nH]cc[n+]1CC. The molecule has 0 saturated heterocycles. The molecule has 19 heavy (non-hydrogen) atoms. The maximum Gasteiger partial charge on any atom is 0.257 e. The van der Waals surface area contributed by atoms with Gasteiger partial charge >= 0.3 is 0 Å². The van der Waals surface area contributed by atoms with E-state index in [0.717, 1.165) is 6.54 Å². The first-order chi connectivity index (χ1) is 9.29. The molecule has 2 nitrogen and oxygen atoms in total. The van der Waals surface area contributed by atoms with Crippen molar-refractivity contribution in [3.05, 3.63) is 18.2 Å². The van der Waals surface area contributed by atoms with Crippen LogP contribution >= 0.6 is 0 Å². The van der Waals surface area contributed by atoms with Crippen molar-refractivity contribution in [3.8, 4) is 0 Å². The zero-order valence-electron chi connectivity index (χ0n) is 13.3. The minimum atomic E-state index is 0.662. The molecule has 0 unspecified atom stereocenters. The molecular weight excluding hydrogens is 232 g/mol. The highest BCUT2D eigenvalue weighted by Crippen LogP contribution is 2.18. The molecule has 0 spiro atoms. The maximum absolute atomic E-state index is 3.39. The van der Waals surface area contributed by atoms with Gasteiger partial charge in [-0.05, 0) is 13.3 Å². The lowest BCUT2D eigenvalue weighted by Gasteiger charge is -2.07. The molecule has 0 aliphatic rings. The highest BCUT2D eigenvalue weighted by Gasteiger charge is 2.16. The van der Waals surface area contributed by atoms with Crippen LogP contribution in [0.15, 0.2) is 12.4 Å². The van der Waals surface area contributed by atoms with E-state index in [1.807, 2.05) is 0 Å². The molecule has 0 aromatic carbocycles. The van der Waals surface area contributed by atoms with Crippen molar-refractivity contribution >= 4 is 0 Å². The molecule has 1 heterocycles. The minimum Gasteiger partial charge on any atom is -0.247 e. The Morgan fingerprint density at radius 2 is 1.63 bits per heavy atom. The van der Waals surface area contributed by atoms with E-state index in [1.165, 1.54) is 63.6 Å². The Kier molecular flexibility index (Phi) is 8.61. The van der Waals surface area contributed by atoms with Crippen LogP contribution in [0.3, 0.4) is 0 Å². The Morgan fingerprint density at radius 1 is 1.00 bits per heavy atom. The van der Waals surface area contributed by atoms with Crippen LogP contribution in [0.25, 0.3) is 0 Å². The number of hydrogen-bond acceptors (Lipinski definition) is 0. The van der Waals surface area contributed by atoms with Gasteiger partial charge in [-0.25, -0.2) is 9.55 Å². The third-order valence-corrected chi connectivity index (χ3v) is 4.09. The quantitative estimate of drug-likeness (QED) is 0.431. The number of aromatic amines is 1. The van der Waals surface area contributed by atoms with Crippen LogP contribution < -0.4 is 4.57 Å². The number of aryl methyl sites for hydroxylation is 1. The van der Waals surface area contributed by atoms with Crippen LogP contribution in [0.5, 0.6) is 0 Å². The van der Waals surface area contributed by atoms with Gasteiger partial charge in [0.15, 0.2) is 0 Å². The molecule has 1 aromatic rings. The van der Waals surface area contributed by atoms with E-state index in [-0.39, 0.29) is 0 Å². The van der Waals surface area contributed by atoms with E-state index >= 15 is 0 Å². The van der Waals surface area contributed by atoms with Crippen molar-refractivity contribution in [3.63, 3.8) is 0 Å². The molecule has 1 atom stereocenters. The second-order valence-corrected chi connectivity index (χ2v) is 5.80. The molecule has 0 aliphatic carbocycles. The Morgan fingerprint density at radius 3 is 2.26 bits per heavy atom. The Bertz CT molecular complexity index is 317. The van der Waals surface area contributed by atoms with E-state index in [2.05, 4.69) is 42.7 Å². The summed E-state index contributed by atoms with van der Waals surface area (Å²) in [7, 11) is 0. The molecular formula is C17H33N2+. The summed E-state index contributed by atoms with van der Waals surface area (Å²) in [4.78, 5) is 3.39. The summed E-state index contributed by atoms with van der Waals surface area (Å²) in [5, 5.41) is 0. The summed E-state index contributed by atoms with van der Waals surface area (Å²) >= 11 is 0. The topological polar surface area (TPSA) is 19.7 Å². The first-order valence-corrected chi connectivity index (χ1v) is 8.36. The van der Waals surface area contributed by atoms with Crippen molar-refractivity contribution in [2.45, 2.75) is 91.0 Å². The van der Waals surface area contributed by atoms with Gasteiger partial charge < -0.3 is 0 Å². The summed E-state index contributed by atoms with van der Waals surface area (Å²) in [6, 6.07) is 0. The molecule has 0 fully saturated rings. The minimum absolute atomic E-state index is 0.662. The van der Waals surface area contributed by atoms with Crippen molar-refractivity contribution in [2.75, 3.05) is 0 Å². The van der Waals surface area contributed by atoms with Crippen LogP contribution in [0.4, 0.5) is 0 Å². The van der Waals surface area contributed by atoms with E-state index in [0.29, 0.717) is 5.92 Å². The van der Waals surface area contributed by atoms with Crippen molar-refractivity contribution in [2.24, 2.45) is 0 Å². The van der Waals surface area contributed by atoms with Gasteiger partial charge in [-0.15, -0.1) is 0 Å². The predicted octanol–water partition coefficient (Wildman–Crippen LogP) is 4.96. The number of H-pyrrole nitrogens is 1. The highest BCUT2D eigenvalue weighted by molar-refractivity contribution is 4.86. The van der Waals surface area contributed by atoms with Crippen molar-refractivity contribution in [1.82, 2.24) is 4.98 Å². The number of imidazole rings is 1. The summed E-state index contributed by atoms with van der Waals surface area (Å²) in [6.07, 6.45) is 16.8. The highest BCUT2D eigenvalue weighted by atomic mass is 15.1. The Hall–Kier alpha value is -0.790. The molecule has 0 amide bonds. The normalized spacial score (nSPS) is 12.8. The standard InChI is InChI=1S/C17H32N2/c1-4-6-7-8-9-10-11-12-13-16(3)17-18-14-15-19(17)5-2/h14-16H,4-13H2,1-3H3/p+1/t16-/m0/s1. The van der Waals surface area contributed by atoms with Gasteiger partial charge in [-0.3, -0.25) is 0 Å². The number of nitrogens with zero attached hydrogens (tertiary/aromatic N) is 1. The van der Waals surface area contributed by atoms with E-state index in [1.54, 1.807) is 0 Å². The van der Waals surface area contributed by atoms with Crippen molar-refractivity contribution in [1.29, 1.82) is 0 Å². The zero-order valence-corrected chi connectivity index (χ0v) is 13.3. The lowest BCUT2D eigenvalue weighted by molar-refractivity contribution is -0.700. The third-order valence-electron chi connectivity index (χ3n) is 4.09. The largest absolute Gasteiger partial charge is 0.257 e. The van der Waals surface area contributed by atoms with Gasteiger partial charge in [0.25, 0.3) is 5.82 Å². The van der Waals surface area contributed by atoms with E-state index in [4.69, 9.17) is 0 Å². The molecule has 0 aliphatic heterocycles. The first kappa shape index (κ1) is 16.3. The number of rotatable bonds is 11. The molecule has 0 bridgehead atoms. The summed E-state index contributed by atoms with van der Waals surface area (Å²) in [6.45, 7) is 7.91. The van der Waals surface area contributed by atoms with Crippen LogP contribution in [-0.4, -0.2) is 4.98 Å². The molecule has 2 heteroatoms. The zero-order chi connectivity index (χ0) is 13.9. The first-order valence-electron chi connectivity index (χ1n) is 8.36. The molecule has 0 radical (unpaired) electrons. The smallest absolute Gasteiger partial charge is 0.247 e. The molecule has 110 valence electrons. The van der Waals surface area contributed by atoms with E-state index < -0.39 is 0 Å². The van der Waals surface area contributed by atoms with Crippen LogP contribution in [0, 0.1) is 0 Å². The van der Waals surface area contributed by atoms with Gasteiger partial charge in [-0.2, -0.15) is 0 Å². The van der Waals surface area contributed by atoms with Gasteiger partial charge in [0.2, 0.25) is 0 Å². The van der Waals surface area contributed by atoms with Gasteiger partial charge in [0.05, 0.1) is 12.5 Å². The molecule has 1 N–H and O–H groups in total. The number of aromatic nitrogens is 2. The summed E-state index contributed by atoms with van der Waals surface area (Å²) in [5.74, 6) is 2.06. The lowest BCUT2D eigenvalue weighted by Crippen LogP contribution is -2.35. The third kappa shape index (κ3) is 6.26. The Balaban J connectivity index is 2.06. The molecule has 1 rings (SSSR count). The molecule has 1 aromatic heterocycles. The van der Waals surface area contributed by atoms with Gasteiger partial charge in [-0.1, -0.05) is 65.2 Å². The average molecular weight is 265 g/mol. The second kappa shape index (κ2) is 10.1. The van der Waals surface area contributed by atoms with E-state index in [9.17, 15) is 0 Å². The fourth-order valence-corrected chi connectivity index (χ4v) is 2.80. The van der Waals surface area contributed by atoms with Crippen LogP contribution in [0.1, 0.15) is 90.3 Å². The fraction of sp³-hybridized carbons (Fsp3) is 0.824. The fourth-order valence-electron chi connectivity index (χ4n) is 2.80. The van der Waals surface area contributed by atoms with Crippen LogP contribution in [0.2, 0.25) is 0 Å². The van der Waals surface area contributed by atoms with Crippen molar-refractivity contribution < 1.29 is 4.57 Å². The Labute approximate surface area is 119 Å². The number of nitrogens with one attached hydrogen (secondary N) is 1. The molecule has 0 saturated carbocycles. The lowest BCUT2D eigenvalue weighted by atomic mass is 10.0. The number of unbranched alkanes of at least 4 members (excludes halogenated alkanes) is 7. The number of hydrogen-bond donors (Lipinski definition) is 1. The van der Waals surface area contributed by atoms with Crippen LogP contribution in [-0.2, 0) is 6.54 Å². The monoisotopic (exact) mass is 265 g/mol. The summed E-state index contributed by atoms with van der Waals surface area (Å²) in [5.41, 5.74) is 0. The van der Waals surface area contributed by atoms with Gasteiger partial charge in [0.1, 0.15) is 12.4 Å². The summed E-state index contributed by atoms with van der Waals surface area (Å²) < 4.78 is 2.33. The van der Waals surface area contributed by atoms with Gasteiger partial charge in [0, 0.05) is 0 Å².